The molecule has 1 rings (SSSR count). The van der Waals surface area contributed by atoms with Crippen LogP contribution in [0.15, 0.2) is 0 Å². The monoisotopic (exact) mass is 189 g/mol. The Morgan fingerprint density at radius 2 is 1.92 bits per heavy atom. The van der Waals surface area contributed by atoms with Gasteiger partial charge < -0.3 is 5.11 Å². The van der Waals surface area contributed by atoms with Gasteiger partial charge in [-0.05, 0) is 11.9 Å². The van der Waals surface area contributed by atoms with Gasteiger partial charge >= 0.3 is 5.97 Å². The third-order valence-electron chi connectivity index (χ3n) is 1.32. The van der Waals surface area contributed by atoms with Crippen molar-refractivity contribution in [2.45, 2.75) is 12.8 Å². The molecule has 1 saturated heterocycles. The molecule has 0 spiro atoms. The van der Waals surface area contributed by atoms with Gasteiger partial charge in [-0.15, -0.1) is 0 Å². The van der Waals surface area contributed by atoms with Gasteiger partial charge in [0.1, 0.15) is 5.75 Å². The number of hydrogen-bond acceptors (Lipinski definition) is 4. The van der Waals surface area contributed by atoms with Gasteiger partial charge in [-0.1, -0.05) is 0 Å². The van der Waals surface area contributed by atoms with Crippen LogP contribution in [-0.2, 0) is 14.4 Å². The summed E-state index contributed by atoms with van der Waals surface area (Å²) in [6.07, 6.45) is 0.400. The first-order valence-corrected chi connectivity index (χ1v) is 4.26. The second-order valence-electron chi connectivity index (χ2n) is 2.25. The van der Waals surface area contributed by atoms with Gasteiger partial charge in [0.2, 0.25) is 11.8 Å². The van der Waals surface area contributed by atoms with Crippen molar-refractivity contribution in [2.24, 2.45) is 0 Å². The van der Waals surface area contributed by atoms with Gasteiger partial charge in [0.15, 0.2) is 0 Å². The quantitative estimate of drug-likeness (QED) is 0.494. The predicted octanol–water partition coefficient (Wildman–Crippen LogP) is -0.132. The molecule has 1 fully saturated rings. The lowest BCUT2D eigenvalue weighted by Crippen LogP contribution is -2.23. The molecule has 0 bridgehead atoms. The van der Waals surface area contributed by atoms with Crippen molar-refractivity contribution < 1.29 is 19.5 Å². The van der Waals surface area contributed by atoms with Crippen LogP contribution < -0.4 is 0 Å². The average molecular weight is 189 g/mol. The second-order valence-corrected chi connectivity index (χ2v) is 3.16. The Balaban J connectivity index is 2.45. The fraction of sp³-hybridized carbons (Fsp3) is 0.500. The summed E-state index contributed by atoms with van der Waals surface area (Å²) >= 11 is 0.743. The van der Waals surface area contributed by atoms with Crippen LogP contribution in [0, 0.1) is 0 Å². The standard InChI is InChI=1S/C6H7NO4S/c8-4-1-2-5(9)7(4)12-3-6(10)11/h1-3H2,(H,10,11). The van der Waals surface area contributed by atoms with E-state index in [0.717, 1.165) is 16.3 Å². The third kappa shape index (κ3) is 1.97. The summed E-state index contributed by atoms with van der Waals surface area (Å²) in [7, 11) is 0. The van der Waals surface area contributed by atoms with Crippen molar-refractivity contribution in [3.05, 3.63) is 0 Å². The molecule has 0 aromatic heterocycles. The van der Waals surface area contributed by atoms with Crippen molar-refractivity contribution in [3.8, 4) is 0 Å². The van der Waals surface area contributed by atoms with Crippen LogP contribution >= 0.6 is 11.9 Å². The number of aliphatic carboxylic acids is 1. The lowest BCUT2D eigenvalue weighted by atomic mass is 10.4. The minimum atomic E-state index is -1.03. The van der Waals surface area contributed by atoms with Gasteiger partial charge in [0, 0.05) is 12.8 Å². The molecular weight excluding hydrogens is 182 g/mol. The summed E-state index contributed by atoms with van der Waals surface area (Å²) in [5.41, 5.74) is 0. The van der Waals surface area contributed by atoms with Crippen LogP contribution in [0.5, 0.6) is 0 Å². The summed E-state index contributed by atoms with van der Waals surface area (Å²) in [6.45, 7) is 0. The zero-order chi connectivity index (χ0) is 9.14. The molecule has 1 aliphatic heterocycles. The van der Waals surface area contributed by atoms with Crippen LogP contribution in [0.4, 0.5) is 0 Å². The zero-order valence-corrected chi connectivity index (χ0v) is 6.97. The van der Waals surface area contributed by atoms with Crippen molar-refractivity contribution in [1.29, 1.82) is 0 Å². The zero-order valence-electron chi connectivity index (χ0n) is 6.15. The number of nitrogens with zero attached hydrogens (tertiary/aromatic N) is 1. The molecule has 1 heterocycles. The normalized spacial score (nSPS) is 17.2. The molecule has 1 aliphatic rings. The highest BCUT2D eigenvalue weighted by molar-refractivity contribution is 7.98. The summed E-state index contributed by atoms with van der Waals surface area (Å²) < 4.78 is 0.925. The van der Waals surface area contributed by atoms with E-state index in [1.54, 1.807) is 0 Å². The Morgan fingerprint density at radius 1 is 1.42 bits per heavy atom. The largest absolute Gasteiger partial charge is 0.481 e. The Hall–Kier alpha value is -1.04. The molecule has 0 saturated carbocycles. The number of carboxylic acid groups (broad SMARTS) is 1. The molecule has 0 atom stereocenters. The molecule has 12 heavy (non-hydrogen) atoms. The molecule has 0 aromatic rings. The fourth-order valence-electron chi connectivity index (χ4n) is 0.820. The highest BCUT2D eigenvalue weighted by atomic mass is 32.2. The lowest BCUT2D eigenvalue weighted by Gasteiger charge is -2.09. The van der Waals surface area contributed by atoms with Crippen molar-refractivity contribution >= 4 is 29.7 Å². The number of amides is 2. The van der Waals surface area contributed by atoms with Crippen LogP contribution in [-0.4, -0.2) is 32.9 Å². The maximum atomic E-state index is 10.9. The second kappa shape index (κ2) is 3.57. The van der Waals surface area contributed by atoms with Gasteiger partial charge in [-0.2, -0.15) is 0 Å². The molecule has 1 N–H and O–H groups in total. The molecule has 66 valence electrons. The van der Waals surface area contributed by atoms with Crippen molar-refractivity contribution in [2.75, 3.05) is 5.75 Å². The van der Waals surface area contributed by atoms with E-state index < -0.39 is 5.97 Å². The molecular formula is C6H7NO4S. The average Bonchev–Trinajstić information content (AvgIpc) is 2.28. The molecule has 0 radical (unpaired) electrons. The van der Waals surface area contributed by atoms with Crippen molar-refractivity contribution in [3.63, 3.8) is 0 Å². The maximum absolute atomic E-state index is 10.9. The fourth-order valence-corrected chi connectivity index (χ4v) is 1.53. The number of carboxylic acids is 1. The van der Waals surface area contributed by atoms with Gasteiger partial charge in [-0.25, -0.2) is 4.31 Å². The molecule has 6 heteroatoms. The number of hydrogen-bond donors (Lipinski definition) is 1. The lowest BCUT2D eigenvalue weighted by molar-refractivity contribution is -0.133. The smallest absolute Gasteiger partial charge is 0.315 e. The molecule has 0 aromatic carbocycles. The topological polar surface area (TPSA) is 74.7 Å². The Bertz CT molecular complexity index is 224. The van der Waals surface area contributed by atoms with Gasteiger partial charge in [0.25, 0.3) is 0 Å². The van der Waals surface area contributed by atoms with Gasteiger partial charge in [0.05, 0.1) is 0 Å². The number of imide groups is 1. The molecule has 2 amide bonds. The van der Waals surface area contributed by atoms with E-state index in [1.807, 2.05) is 0 Å². The van der Waals surface area contributed by atoms with Gasteiger partial charge in [-0.3, -0.25) is 14.4 Å². The highest BCUT2D eigenvalue weighted by Crippen LogP contribution is 2.20. The highest BCUT2D eigenvalue weighted by Gasteiger charge is 2.29. The number of rotatable bonds is 3. The van der Waals surface area contributed by atoms with E-state index in [-0.39, 0.29) is 30.4 Å². The predicted molar refractivity (Wildman–Crippen MR) is 41.2 cm³/mol. The first-order chi connectivity index (χ1) is 5.61. The summed E-state index contributed by atoms with van der Waals surface area (Å²) in [5, 5.41) is 8.28. The van der Waals surface area contributed by atoms with E-state index >= 15 is 0 Å². The minimum absolute atomic E-state index is 0.200. The van der Waals surface area contributed by atoms with E-state index in [4.69, 9.17) is 5.11 Å². The molecule has 0 unspecified atom stereocenters. The Kier molecular flexibility index (Phi) is 2.69. The van der Waals surface area contributed by atoms with Crippen LogP contribution in [0.3, 0.4) is 0 Å². The van der Waals surface area contributed by atoms with E-state index in [0.29, 0.717) is 0 Å². The Morgan fingerprint density at radius 3 is 2.33 bits per heavy atom. The van der Waals surface area contributed by atoms with Crippen LogP contribution in [0.1, 0.15) is 12.8 Å². The summed E-state index contributed by atoms with van der Waals surface area (Å²) in [4.78, 5) is 31.9. The Labute approximate surface area is 72.9 Å². The summed E-state index contributed by atoms with van der Waals surface area (Å²) in [5.74, 6) is -1.89. The maximum Gasteiger partial charge on any atom is 0.315 e. The van der Waals surface area contributed by atoms with E-state index in [1.165, 1.54) is 0 Å². The van der Waals surface area contributed by atoms with E-state index in [2.05, 4.69) is 0 Å². The van der Waals surface area contributed by atoms with Crippen LogP contribution in [0.25, 0.3) is 0 Å². The number of carbonyl (C=O) groups excluding carboxylic acids is 2. The third-order valence-corrected chi connectivity index (χ3v) is 2.36. The number of carbonyl (C=O) groups is 3. The van der Waals surface area contributed by atoms with Crippen molar-refractivity contribution in [1.82, 2.24) is 4.31 Å². The van der Waals surface area contributed by atoms with E-state index in [9.17, 15) is 14.4 Å². The SMILES string of the molecule is O=C(O)CSN1C(=O)CCC1=O. The molecule has 5 nitrogen and oxygen atoms in total. The molecule has 0 aliphatic carbocycles. The minimum Gasteiger partial charge on any atom is -0.481 e. The first-order valence-electron chi connectivity index (χ1n) is 3.32. The summed E-state index contributed by atoms with van der Waals surface area (Å²) in [6, 6.07) is 0. The first kappa shape index (κ1) is 9.05. The van der Waals surface area contributed by atoms with Crippen LogP contribution in [0.2, 0.25) is 0 Å².